The minimum absolute atomic E-state index is 0.656. The molecule has 2 rings (SSSR count). The van der Waals surface area contributed by atoms with E-state index in [-0.39, 0.29) is 0 Å². The van der Waals surface area contributed by atoms with E-state index in [1.807, 2.05) is 0 Å². The highest BCUT2D eigenvalue weighted by Gasteiger charge is 2.39. The molecule has 17 heavy (non-hydrogen) atoms. The molecule has 0 aromatic heterocycles. The van der Waals surface area contributed by atoms with Crippen molar-refractivity contribution in [2.75, 3.05) is 6.54 Å². The smallest absolute Gasteiger partial charge is 0.0207 e. The van der Waals surface area contributed by atoms with Gasteiger partial charge in [0.1, 0.15) is 0 Å². The van der Waals surface area contributed by atoms with Crippen molar-refractivity contribution in [3.63, 3.8) is 0 Å². The second kappa shape index (κ2) is 6.01. The van der Waals surface area contributed by atoms with Crippen molar-refractivity contribution >= 4 is 15.9 Å². The van der Waals surface area contributed by atoms with E-state index in [0.29, 0.717) is 6.04 Å². The highest BCUT2D eigenvalue weighted by Crippen LogP contribution is 2.41. The van der Waals surface area contributed by atoms with Crippen LogP contribution in [0.1, 0.15) is 32.3 Å². The van der Waals surface area contributed by atoms with Crippen molar-refractivity contribution in [2.45, 2.75) is 39.2 Å². The Labute approximate surface area is 113 Å². The minimum Gasteiger partial charge on any atom is -0.313 e. The Kier molecular flexibility index (Phi) is 4.63. The number of benzene rings is 1. The van der Waals surface area contributed by atoms with Crippen molar-refractivity contribution in [1.82, 2.24) is 5.32 Å². The van der Waals surface area contributed by atoms with Crippen LogP contribution in [0.5, 0.6) is 0 Å². The topological polar surface area (TPSA) is 12.0 Å². The Morgan fingerprint density at radius 3 is 2.71 bits per heavy atom. The third-order valence-corrected chi connectivity index (χ3v) is 4.52. The quantitative estimate of drug-likeness (QED) is 0.836. The molecule has 0 saturated heterocycles. The van der Waals surface area contributed by atoms with Crippen LogP contribution in [-0.4, -0.2) is 12.6 Å². The molecule has 1 aromatic carbocycles. The molecule has 0 heterocycles. The number of halogens is 1. The SMILES string of the molecule is CCCNC(Cc1ccccc1Br)C1CC1C. The van der Waals surface area contributed by atoms with Gasteiger partial charge in [0.2, 0.25) is 0 Å². The first-order valence-electron chi connectivity index (χ1n) is 6.69. The zero-order valence-corrected chi connectivity index (χ0v) is 12.3. The largest absolute Gasteiger partial charge is 0.313 e. The number of hydrogen-bond donors (Lipinski definition) is 1. The summed E-state index contributed by atoms with van der Waals surface area (Å²) in [6.45, 7) is 5.74. The monoisotopic (exact) mass is 295 g/mol. The standard InChI is InChI=1S/C15H22BrN/c1-3-8-17-15(13-9-11(13)2)10-12-6-4-5-7-14(12)16/h4-7,11,13,15,17H,3,8-10H2,1-2H3. The molecular formula is C15H22BrN. The Morgan fingerprint density at radius 2 is 2.12 bits per heavy atom. The van der Waals surface area contributed by atoms with Gasteiger partial charge in [0, 0.05) is 10.5 Å². The fourth-order valence-corrected chi connectivity index (χ4v) is 2.96. The molecule has 0 radical (unpaired) electrons. The summed E-state index contributed by atoms with van der Waals surface area (Å²) in [6.07, 6.45) is 3.76. The van der Waals surface area contributed by atoms with E-state index in [9.17, 15) is 0 Å². The van der Waals surface area contributed by atoms with E-state index < -0.39 is 0 Å². The summed E-state index contributed by atoms with van der Waals surface area (Å²) in [6, 6.07) is 9.25. The lowest BCUT2D eigenvalue weighted by Crippen LogP contribution is -2.34. The van der Waals surface area contributed by atoms with Crippen LogP contribution in [0.4, 0.5) is 0 Å². The van der Waals surface area contributed by atoms with E-state index in [4.69, 9.17) is 0 Å². The van der Waals surface area contributed by atoms with E-state index in [1.54, 1.807) is 0 Å². The summed E-state index contributed by atoms with van der Waals surface area (Å²) in [5.41, 5.74) is 1.43. The molecular weight excluding hydrogens is 274 g/mol. The predicted molar refractivity (Wildman–Crippen MR) is 77.2 cm³/mol. The normalized spacial score (nSPS) is 24.6. The molecule has 1 saturated carbocycles. The van der Waals surface area contributed by atoms with Crippen LogP contribution in [0.25, 0.3) is 0 Å². The number of rotatable bonds is 6. The molecule has 1 N–H and O–H groups in total. The summed E-state index contributed by atoms with van der Waals surface area (Å²) < 4.78 is 1.25. The van der Waals surface area contributed by atoms with Gasteiger partial charge in [-0.25, -0.2) is 0 Å². The molecule has 3 unspecified atom stereocenters. The predicted octanol–water partition coefficient (Wildman–Crippen LogP) is 4.02. The van der Waals surface area contributed by atoms with E-state index >= 15 is 0 Å². The average Bonchev–Trinajstić information content (AvgIpc) is 3.04. The maximum absolute atomic E-state index is 3.72. The third kappa shape index (κ3) is 3.56. The van der Waals surface area contributed by atoms with Crippen LogP contribution >= 0.6 is 15.9 Å². The molecule has 3 atom stereocenters. The Bertz CT molecular complexity index is 364. The van der Waals surface area contributed by atoms with Crippen LogP contribution in [0, 0.1) is 11.8 Å². The van der Waals surface area contributed by atoms with Gasteiger partial charge in [-0.15, -0.1) is 0 Å². The van der Waals surface area contributed by atoms with Gasteiger partial charge in [-0.3, -0.25) is 0 Å². The summed E-state index contributed by atoms with van der Waals surface area (Å²) in [5.74, 6) is 1.79. The zero-order chi connectivity index (χ0) is 12.3. The number of hydrogen-bond acceptors (Lipinski definition) is 1. The van der Waals surface area contributed by atoms with Crippen LogP contribution in [0.2, 0.25) is 0 Å². The lowest BCUT2D eigenvalue weighted by atomic mass is 10.0. The van der Waals surface area contributed by atoms with Crippen molar-refractivity contribution in [3.8, 4) is 0 Å². The lowest BCUT2D eigenvalue weighted by molar-refractivity contribution is 0.443. The van der Waals surface area contributed by atoms with Gasteiger partial charge in [0.25, 0.3) is 0 Å². The van der Waals surface area contributed by atoms with Crippen molar-refractivity contribution < 1.29 is 0 Å². The van der Waals surface area contributed by atoms with Crippen molar-refractivity contribution in [2.24, 2.45) is 11.8 Å². The van der Waals surface area contributed by atoms with E-state index in [1.165, 1.54) is 22.9 Å². The van der Waals surface area contributed by atoms with Gasteiger partial charge in [-0.1, -0.05) is 48.0 Å². The molecule has 0 bridgehead atoms. The second-order valence-corrected chi connectivity index (χ2v) is 6.09. The highest BCUT2D eigenvalue weighted by molar-refractivity contribution is 9.10. The maximum Gasteiger partial charge on any atom is 0.0207 e. The van der Waals surface area contributed by atoms with Gasteiger partial charge < -0.3 is 5.32 Å². The van der Waals surface area contributed by atoms with E-state index in [0.717, 1.165) is 24.8 Å². The summed E-state index contributed by atoms with van der Waals surface area (Å²) in [5, 5.41) is 3.72. The first-order valence-corrected chi connectivity index (χ1v) is 7.48. The second-order valence-electron chi connectivity index (χ2n) is 5.23. The van der Waals surface area contributed by atoms with Crippen LogP contribution in [0.15, 0.2) is 28.7 Å². The minimum atomic E-state index is 0.656. The molecule has 1 fully saturated rings. The molecule has 1 aliphatic rings. The fourth-order valence-electron chi connectivity index (χ4n) is 2.52. The molecule has 1 aliphatic carbocycles. The Hall–Kier alpha value is -0.340. The summed E-state index contributed by atoms with van der Waals surface area (Å²) >= 11 is 3.65. The molecule has 0 spiro atoms. The van der Waals surface area contributed by atoms with Crippen molar-refractivity contribution in [3.05, 3.63) is 34.3 Å². The maximum atomic E-state index is 3.72. The highest BCUT2D eigenvalue weighted by atomic mass is 79.9. The summed E-state index contributed by atoms with van der Waals surface area (Å²) in [7, 11) is 0. The summed E-state index contributed by atoms with van der Waals surface area (Å²) in [4.78, 5) is 0. The first kappa shape index (κ1) is 13.1. The average molecular weight is 296 g/mol. The lowest BCUT2D eigenvalue weighted by Gasteiger charge is -2.19. The molecule has 1 aromatic rings. The van der Waals surface area contributed by atoms with Crippen LogP contribution in [-0.2, 0) is 6.42 Å². The third-order valence-electron chi connectivity index (χ3n) is 3.74. The molecule has 1 nitrogen and oxygen atoms in total. The van der Waals surface area contributed by atoms with Gasteiger partial charge in [0.05, 0.1) is 0 Å². The van der Waals surface area contributed by atoms with Crippen LogP contribution in [0.3, 0.4) is 0 Å². The number of nitrogens with one attached hydrogen (secondary N) is 1. The Morgan fingerprint density at radius 1 is 1.41 bits per heavy atom. The molecule has 2 heteroatoms. The van der Waals surface area contributed by atoms with Gasteiger partial charge in [-0.05, 0) is 49.3 Å². The zero-order valence-electron chi connectivity index (χ0n) is 10.7. The van der Waals surface area contributed by atoms with Gasteiger partial charge in [0.15, 0.2) is 0 Å². The Balaban J connectivity index is 1.99. The van der Waals surface area contributed by atoms with Gasteiger partial charge >= 0.3 is 0 Å². The van der Waals surface area contributed by atoms with Crippen LogP contribution < -0.4 is 5.32 Å². The molecule has 0 amide bonds. The van der Waals surface area contributed by atoms with Crippen molar-refractivity contribution in [1.29, 1.82) is 0 Å². The van der Waals surface area contributed by atoms with Gasteiger partial charge in [-0.2, -0.15) is 0 Å². The fraction of sp³-hybridized carbons (Fsp3) is 0.600. The molecule has 94 valence electrons. The van der Waals surface area contributed by atoms with E-state index in [2.05, 4.69) is 59.4 Å². The molecule has 0 aliphatic heterocycles. The first-order chi connectivity index (χ1) is 8.22.